The van der Waals surface area contributed by atoms with Crippen molar-refractivity contribution in [3.05, 3.63) is 60.4 Å². The predicted octanol–water partition coefficient (Wildman–Crippen LogP) is 7.40. The van der Waals surface area contributed by atoms with Crippen LogP contribution in [0.2, 0.25) is 0 Å². The van der Waals surface area contributed by atoms with Gasteiger partial charge in [0.25, 0.3) is 0 Å². The molecule has 1 aliphatic heterocycles. The number of nitrogens with one attached hydrogen (secondary N) is 2. The monoisotopic (exact) mass is 536 g/mol. The van der Waals surface area contributed by atoms with Crippen LogP contribution in [-0.4, -0.2) is 55.5 Å². The fraction of sp³-hybridized carbons (Fsp3) is 0.424. The zero-order chi connectivity index (χ0) is 27.6. The standard InChI is InChI=1S/C33H40N6O/c1-21(2)17-31-34-33(38-36-31)27-12-14-30-29(20-27)32(37-35-30)26-10-9-25-19-28(13-11-24(25)18-26)40-16-6-15-39-22(3)7-5-8-23(39)4/h9-14,18-23H,5-8,15-17H2,1-4H3,(H,35,37)(H,34,36,38)/t22-,23+. The van der Waals surface area contributed by atoms with Crippen molar-refractivity contribution >= 4 is 21.7 Å². The van der Waals surface area contributed by atoms with Crippen molar-refractivity contribution in [1.29, 1.82) is 0 Å². The summed E-state index contributed by atoms with van der Waals surface area (Å²) in [6, 6.07) is 20.5. The van der Waals surface area contributed by atoms with Crippen molar-refractivity contribution in [3.63, 3.8) is 0 Å². The van der Waals surface area contributed by atoms with Gasteiger partial charge in [0.1, 0.15) is 11.6 Å². The summed E-state index contributed by atoms with van der Waals surface area (Å²) in [5.41, 5.74) is 3.98. The molecule has 40 heavy (non-hydrogen) atoms. The second-order valence-electron chi connectivity index (χ2n) is 11.8. The number of aromatic amines is 2. The highest BCUT2D eigenvalue weighted by Gasteiger charge is 2.23. The molecule has 7 heteroatoms. The number of piperidine rings is 1. The van der Waals surface area contributed by atoms with Gasteiger partial charge in [-0.2, -0.15) is 10.2 Å². The van der Waals surface area contributed by atoms with E-state index in [1.165, 1.54) is 30.0 Å². The van der Waals surface area contributed by atoms with Gasteiger partial charge in [0.05, 0.1) is 17.8 Å². The van der Waals surface area contributed by atoms with Crippen LogP contribution in [0.1, 0.15) is 59.2 Å². The normalized spacial score (nSPS) is 18.2. The minimum Gasteiger partial charge on any atom is -0.494 e. The Hall–Kier alpha value is -3.71. The molecule has 0 unspecified atom stereocenters. The van der Waals surface area contributed by atoms with Gasteiger partial charge < -0.3 is 4.74 Å². The van der Waals surface area contributed by atoms with Crippen LogP contribution in [0.15, 0.2) is 54.6 Å². The van der Waals surface area contributed by atoms with Crippen molar-refractivity contribution < 1.29 is 4.74 Å². The number of likely N-dealkylation sites (tertiary alicyclic amines) is 1. The minimum atomic E-state index is 0.525. The van der Waals surface area contributed by atoms with E-state index >= 15 is 0 Å². The zero-order valence-electron chi connectivity index (χ0n) is 24.1. The third-order valence-corrected chi connectivity index (χ3v) is 8.24. The molecule has 0 aliphatic carbocycles. The molecule has 0 spiro atoms. The number of benzene rings is 3. The molecule has 0 amide bonds. The van der Waals surface area contributed by atoms with Gasteiger partial charge in [-0.25, -0.2) is 4.98 Å². The van der Waals surface area contributed by atoms with Gasteiger partial charge in [-0.3, -0.25) is 15.1 Å². The zero-order valence-corrected chi connectivity index (χ0v) is 24.1. The summed E-state index contributed by atoms with van der Waals surface area (Å²) in [6.07, 6.45) is 5.91. The van der Waals surface area contributed by atoms with Crippen molar-refractivity contribution in [2.45, 2.75) is 71.9 Å². The molecule has 2 N–H and O–H groups in total. The lowest BCUT2D eigenvalue weighted by molar-refractivity contribution is 0.0961. The fourth-order valence-corrected chi connectivity index (χ4v) is 6.09. The van der Waals surface area contributed by atoms with E-state index in [9.17, 15) is 0 Å². The van der Waals surface area contributed by atoms with Crippen LogP contribution in [0.3, 0.4) is 0 Å². The molecule has 6 rings (SSSR count). The van der Waals surface area contributed by atoms with E-state index in [2.05, 4.69) is 102 Å². The maximum Gasteiger partial charge on any atom is 0.181 e. The largest absolute Gasteiger partial charge is 0.494 e. The van der Waals surface area contributed by atoms with Gasteiger partial charge in [0.2, 0.25) is 0 Å². The number of ether oxygens (including phenoxy) is 1. The first kappa shape index (κ1) is 26.5. The molecule has 1 saturated heterocycles. The summed E-state index contributed by atoms with van der Waals surface area (Å²) in [5, 5.41) is 18.8. The molecule has 2 aromatic heterocycles. The highest BCUT2D eigenvalue weighted by molar-refractivity contribution is 5.97. The summed E-state index contributed by atoms with van der Waals surface area (Å²) in [6.45, 7) is 10.9. The van der Waals surface area contributed by atoms with Crippen LogP contribution in [-0.2, 0) is 6.42 Å². The number of rotatable bonds is 9. The predicted molar refractivity (Wildman–Crippen MR) is 163 cm³/mol. The van der Waals surface area contributed by atoms with Crippen molar-refractivity contribution in [2.75, 3.05) is 13.2 Å². The fourth-order valence-electron chi connectivity index (χ4n) is 6.09. The first-order valence-corrected chi connectivity index (χ1v) is 14.8. The molecule has 7 nitrogen and oxygen atoms in total. The maximum absolute atomic E-state index is 6.16. The average Bonchev–Trinajstić information content (AvgIpc) is 3.58. The molecule has 3 aromatic carbocycles. The first-order valence-electron chi connectivity index (χ1n) is 14.8. The lowest BCUT2D eigenvalue weighted by atomic mass is 9.97. The van der Waals surface area contributed by atoms with Crippen LogP contribution in [0, 0.1) is 5.92 Å². The quantitative estimate of drug-likeness (QED) is 0.192. The maximum atomic E-state index is 6.16. The summed E-state index contributed by atoms with van der Waals surface area (Å²) >= 11 is 0. The molecule has 3 heterocycles. The number of nitrogens with zero attached hydrogens (tertiary/aromatic N) is 4. The number of aromatic nitrogens is 5. The number of hydrogen-bond acceptors (Lipinski definition) is 5. The van der Waals surface area contributed by atoms with Crippen molar-refractivity contribution in [1.82, 2.24) is 30.3 Å². The van der Waals surface area contributed by atoms with E-state index in [0.717, 1.165) is 71.1 Å². The van der Waals surface area contributed by atoms with E-state index in [-0.39, 0.29) is 0 Å². The van der Waals surface area contributed by atoms with Crippen LogP contribution >= 0.6 is 0 Å². The summed E-state index contributed by atoms with van der Waals surface area (Å²) in [4.78, 5) is 7.35. The number of H-pyrrole nitrogens is 2. The Balaban J connectivity index is 1.16. The SMILES string of the molecule is CC(C)Cc1nc(-c2ccc3[nH]nc(-c4ccc5cc(OCCCN6[C@H](C)CCC[C@@H]6C)ccc5c4)c3c2)n[nH]1. The summed E-state index contributed by atoms with van der Waals surface area (Å²) < 4.78 is 6.16. The Morgan fingerprint density at radius 2 is 1.68 bits per heavy atom. The second-order valence-corrected chi connectivity index (χ2v) is 11.8. The Bertz CT molecular complexity index is 1590. The van der Waals surface area contributed by atoms with Crippen LogP contribution in [0.4, 0.5) is 0 Å². The topological polar surface area (TPSA) is 82.7 Å². The molecular weight excluding hydrogens is 496 g/mol. The Kier molecular flexibility index (Phi) is 7.57. The molecule has 2 atom stereocenters. The third-order valence-electron chi connectivity index (χ3n) is 8.24. The van der Waals surface area contributed by atoms with E-state index in [1.807, 2.05) is 6.07 Å². The average molecular weight is 537 g/mol. The van der Waals surface area contributed by atoms with E-state index < -0.39 is 0 Å². The van der Waals surface area contributed by atoms with Gasteiger partial charge >= 0.3 is 0 Å². The van der Waals surface area contributed by atoms with Crippen LogP contribution in [0.25, 0.3) is 44.3 Å². The Labute approximate surface area is 236 Å². The number of fused-ring (bicyclic) bond motifs is 2. The molecule has 0 bridgehead atoms. The van der Waals surface area contributed by atoms with E-state index in [0.29, 0.717) is 18.0 Å². The Morgan fingerprint density at radius 1 is 0.900 bits per heavy atom. The summed E-state index contributed by atoms with van der Waals surface area (Å²) in [7, 11) is 0. The van der Waals surface area contributed by atoms with Gasteiger partial charge in [-0.05, 0) is 86.2 Å². The van der Waals surface area contributed by atoms with Gasteiger partial charge in [0, 0.05) is 41.6 Å². The molecule has 208 valence electrons. The molecule has 5 aromatic rings. The lowest BCUT2D eigenvalue weighted by Crippen LogP contribution is -2.44. The van der Waals surface area contributed by atoms with E-state index in [1.54, 1.807) is 0 Å². The van der Waals surface area contributed by atoms with Crippen molar-refractivity contribution in [3.8, 4) is 28.4 Å². The van der Waals surface area contributed by atoms with Crippen LogP contribution in [0.5, 0.6) is 5.75 Å². The van der Waals surface area contributed by atoms with Gasteiger partial charge in [0.15, 0.2) is 5.82 Å². The molecular formula is C33H40N6O. The first-order chi connectivity index (χ1) is 19.4. The molecule has 1 aliphatic rings. The lowest BCUT2D eigenvalue weighted by Gasteiger charge is -2.39. The molecule has 1 fully saturated rings. The molecule has 0 saturated carbocycles. The second kappa shape index (κ2) is 11.4. The summed E-state index contributed by atoms with van der Waals surface area (Å²) in [5.74, 6) is 3.09. The van der Waals surface area contributed by atoms with E-state index in [4.69, 9.17) is 9.72 Å². The number of hydrogen-bond donors (Lipinski definition) is 2. The Morgan fingerprint density at radius 3 is 2.50 bits per heavy atom. The third kappa shape index (κ3) is 5.61. The molecule has 0 radical (unpaired) electrons. The van der Waals surface area contributed by atoms with Gasteiger partial charge in [-0.15, -0.1) is 0 Å². The van der Waals surface area contributed by atoms with Gasteiger partial charge in [-0.1, -0.05) is 38.5 Å². The highest BCUT2D eigenvalue weighted by Crippen LogP contribution is 2.32. The van der Waals surface area contributed by atoms with Crippen LogP contribution < -0.4 is 4.74 Å². The highest BCUT2D eigenvalue weighted by atomic mass is 16.5. The smallest absolute Gasteiger partial charge is 0.181 e. The van der Waals surface area contributed by atoms with Crippen molar-refractivity contribution in [2.24, 2.45) is 5.92 Å². The minimum absolute atomic E-state index is 0.525.